The van der Waals surface area contributed by atoms with Crippen molar-refractivity contribution in [1.29, 1.82) is 0 Å². The van der Waals surface area contributed by atoms with Crippen molar-refractivity contribution >= 4 is 30.7 Å². The first-order valence-corrected chi connectivity index (χ1v) is 8.90. The van der Waals surface area contributed by atoms with Crippen LogP contribution in [-0.4, -0.2) is 54.5 Å². The molecule has 2 N–H and O–H groups in total. The summed E-state index contributed by atoms with van der Waals surface area (Å²) < 4.78 is 0. The Morgan fingerprint density at radius 2 is 1.52 bits per heavy atom. The fourth-order valence-corrected chi connectivity index (χ4v) is 3.98. The van der Waals surface area contributed by atoms with Gasteiger partial charge in [0.05, 0.1) is 5.41 Å². The summed E-state index contributed by atoms with van der Waals surface area (Å²) in [7, 11) is 0. The Bertz CT molecular complexity index is 328. The van der Waals surface area contributed by atoms with Gasteiger partial charge in [-0.1, -0.05) is 20.3 Å². The Morgan fingerprint density at radius 3 is 1.96 bits per heavy atom. The van der Waals surface area contributed by atoms with E-state index in [2.05, 4.69) is 23.6 Å². The van der Waals surface area contributed by atoms with E-state index in [-0.39, 0.29) is 30.2 Å². The molecule has 0 unspecified atom stereocenters. The first-order chi connectivity index (χ1) is 10.2. The molecular formula is C17H35Cl2N3O. The number of piperidine rings is 2. The standard InChI is InChI=1S/C17H33N3O.2ClH/c1-3-17(4-2,14-18)16(21)20-12-8-15(9-13-20)19-10-6-5-7-11-19;;/h15H,3-14,18H2,1-2H3;2*1H. The van der Waals surface area contributed by atoms with Crippen molar-refractivity contribution in [2.24, 2.45) is 11.1 Å². The minimum atomic E-state index is -0.321. The average Bonchev–Trinajstić information content (AvgIpc) is 2.58. The summed E-state index contributed by atoms with van der Waals surface area (Å²) in [6, 6.07) is 0.699. The highest BCUT2D eigenvalue weighted by atomic mass is 35.5. The summed E-state index contributed by atoms with van der Waals surface area (Å²) in [5.41, 5.74) is 5.60. The monoisotopic (exact) mass is 367 g/mol. The average molecular weight is 368 g/mol. The molecule has 0 bridgehead atoms. The van der Waals surface area contributed by atoms with Gasteiger partial charge in [0, 0.05) is 25.7 Å². The van der Waals surface area contributed by atoms with Crippen LogP contribution in [0, 0.1) is 5.41 Å². The summed E-state index contributed by atoms with van der Waals surface area (Å²) in [6.45, 7) is 9.02. The van der Waals surface area contributed by atoms with Crippen LogP contribution in [0.5, 0.6) is 0 Å². The second-order valence-electron chi connectivity index (χ2n) is 6.81. The predicted octanol–water partition coefficient (Wildman–Crippen LogP) is 3.07. The SMILES string of the molecule is CCC(CC)(CN)C(=O)N1CCC(N2CCCCC2)CC1.Cl.Cl. The molecule has 138 valence electrons. The normalized spacial score (nSPS) is 20.6. The lowest BCUT2D eigenvalue weighted by atomic mass is 9.80. The molecule has 2 saturated heterocycles. The quantitative estimate of drug-likeness (QED) is 0.811. The molecule has 0 aliphatic carbocycles. The zero-order valence-corrected chi connectivity index (χ0v) is 16.4. The molecule has 0 aromatic rings. The molecule has 2 rings (SSSR count). The van der Waals surface area contributed by atoms with Crippen LogP contribution in [0.25, 0.3) is 0 Å². The smallest absolute Gasteiger partial charge is 0.230 e. The van der Waals surface area contributed by atoms with Crippen LogP contribution in [0.4, 0.5) is 0 Å². The highest BCUT2D eigenvalue weighted by Crippen LogP contribution is 2.30. The van der Waals surface area contributed by atoms with Crippen molar-refractivity contribution < 1.29 is 4.79 Å². The summed E-state index contributed by atoms with van der Waals surface area (Å²) in [6.07, 6.45) is 8.07. The highest BCUT2D eigenvalue weighted by molar-refractivity contribution is 5.85. The molecule has 0 spiro atoms. The van der Waals surface area contributed by atoms with Crippen LogP contribution in [-0.2, 0) is 4.79 Å². The van der Waals surface area contributed by atoms with Crippen molar-refractivity contribution in [2.75, 3.05) is 32.7 Å². The molecule has 2 fully saturated rings. The van der Waals surface area contributed by atoms with E-state index in [0.717, 1.165) is 38.8 Å². The molecule has 6 heteroatoms. The number of amides is 1. The number of nitrogens with zero attached hydrogens (tertiary/aromatic N) is 2. The second-order valence-corrected chi connectivity index (χ2v) is 6.81. The van der Waals surface area contributed by atoms with Gasteiger partial charge in [-0.05, 0) is 51.6 Å². The lowest BCUT2D eigenvalue weighted by molar-refractivity contribution is -0.143. The Balaban J connectivity index is 0.00000242. The van der Waals surface area contributed by atoms with Crippen LogP contribution >= 0.6 is 24.8 Å². The van der Waals surface area contributed by atoms with Gasteiger partial charge in [0.1, 0.15) is 0 Å². The van der Waals surface area contributed by atoms with E-state index in [0.29, 0.717) is 18.5 Å². The van der Waals surface area contributed by atoms with Crippen molar-refractivity contribution in [3.05, 3.63) is 0 Å². The number of halogens is 2. The van der Waals surface area contributed by atoms with Gasteiger partial charge in [0.15, 0.2) is 0 Å². The predicted molar refractivity (Wildman–Crippen MR) is 102 cm³/mol. The van der Waals surface area contributed by atoms with Gasteiger partial charge in [-0.2, -0.15) is 0 Å². The molecule has 0 saturated carbocycles. The third kappa shape index (κ3) is 5.22. The van der Waals surface area contributed by atoms with E-state index in [4.69, 9.17) is 5.73 Å². The number of carbonyl (C=O) groups is 1. The van der Waals surface area contributed by atoms with Gasteiger partial charge in [0.2, 0.25) is 5.91 Å². The molecule has 1 amide bonds. The van der Waals surface area contributed by atoms with Gasteiger partial charge in [-0.3, -0.25) is 4.79 Å². The second kappa shape index (κ2) is 10.8. The maximum absolute atomic E-state index is 12.8. The maximum atomic E-state index is 12.8. The first kappa shape index (κ1) is 23.0. The van der Waals surface area contributed by atoms with E-state index in [1.807, 2.05) is 0 Å². The summed E-state index contributed by atoms with van der Waals surface area (Å²) in [5, 5.41) is 0. The van der Waals surface area contributed by atoms with Gasteiger partial charge >= 0.3 is 0 Å². The Hall–Kier alpha value is -0.0300. The highest BCUT2D eigenvalue weighted by Gasteiger charge is 2.38. The number of nitrogens with two attached hydrogens (primary N) is 1. The Labute approximate surface area is 154 Å². The summed E-state index contributed by atoms with van der Waals surface area (Å²) in [4.78, 5) is 17.6. The van der Waals surface area contributed by atoms with E-state index < -0.39 is 0 Å². The number of likely N-dealkylation sites (tertiary alicyclic amines) is 2. The van der Waals surface area contributed by atoms with Gasteiger partial charge < -0.3 is 15.5 Å². The molecule has 4 nitrogen and oxygen atoms in total. The van der Waals surface area contributed by atoms with Crippen molar-refractivity contribution in [2.45, 2.75) is 64.8 Å². The van der Waals surface area contributed by atoms with Crippen LogP contribution < -0.4 is 5.73 Å². The molecule has 0 aromatic heterocycles. The summed E-state index contributed by atoms with van der Waals surface area (Å²) in [5.74, 6) is 0.298. The molecule has 0 radical (unpaired) electrons. The number of hydrogen-bond acceptors (Lipinski definition) is 3. The number of hydrogen-bond donors (Lipinski definition) is 1. The summed E-state index contributed by atoms with van der Waals surface area (Å²) >= 11 is 0. The largest absolute Gasteiger partial charge is 0.342 e. The van der Waals surface area contributed by atoms with Crippen molar-refractivity contribution in [3.8, 4) is 0 Å². The van der Waals surface area contributed by atoms with Crippen molar-refractivity contribution in [3.63, 3.8) is 0 Å². The van der Waals surface area contributed by atoms with Crippen LogP contribution in [0.3, 0.4) is 0 Å². The van der Waals surface area contributed by atoms with Crippen molar-refractivity contribution in [1.82, 2.24) is 9.80 Å². The fraction of sp³-hybridized carbons (Fsp3) is 0.941. The number of rotatable bonds is 5. The maximum Gasteiger partial charge on any atom is 0.230 e. The third-order valence-electron chi connectivity index (χ3n) is 5.86. The van der Waals surface area contributed by atoms with E-state index in [1.54, 1.807) is 0 Å². The van der Waals surface area contributed by atoms with E-state index in [9.17, 15) is 4.79 Å². The molecule has 2 aliphatic heterocycles. The molecule has 2 aliphatic rings. The lowest BCUT2D eigenvalue weighted by Crippen LogP contribution is -2.53. The molecule has 0 atom stereocenters. The molecular weight excluding hydrogens is 333 g/mol. The third-order valence-corrected chi connectivity index (χ3v) is 5.86. The number of carbonyl (C=O) groups excluding carboxylic acids is 1. The zero-order chi connectivity index (χ0) is 15.3. The van der Waals surface area contributed by atoms with Crippen LogP contribution in [0.1, 0.15) is 58.8 Å². The Morgan fingerprint density at radius 1 is 1.00 bits per heavy atom. The molecule has 23 heavy (non-hydrogen) atoms. The topological polar surface area (TPSA) is 49.6 Å². The minimum absolute atomic E-state index is 0. The van der Waals surface area contributed by atoms with Gasteiger partial charge in [-0.25, -0.2) is 0 Å². The van der Waals surface area contributed by atoms with Gasteiger partial charge in [-0.15, -0.1) is 24.8 Å². The van der Waals surface area contributed by atoms with Gasteiger partial charge in [0.25, 0.3) is 0 Å². The molecule has 0 aromatic carbocycles. The Kier molecular flexibility index (Phi) is 10.7. The lowest BCUT2D eigenvalue weighted by Gasteiger charge is -2.43. The minimum Gasteiger partial charge on any atom is -0.342 e. The molecule has 2 heterocycles. The van der Waals surface area contributed by atoms with Crippen LogP contribution in [0.15, 0.2) is 0 Å². The van der Waals surface area contributed by atoms with Crippen LogP contribution in [0.2, 0.25) is 0 Å². The van der Waals surface area contributed by atoms with E-state index >= 15 is 0 Å². The zero-order valence-electron chi connectivity index (χ0n) is 14.8. The fourth-order valence-electron chi connectivity index (χ4n) is 3.98. The first-order valence-electron chi connectivity index (χ1n) is 8.90. The van der Waals surface area contributed by atoms with E-state index in [1.165, 1.54) is 32.4 Å².